The summed E-state index contributed by atoms with van der Waals surface area (Å²) in [6.45, 7) is 5.53. The number of fused-ring (bicyclic) bond motifs is 1. The average molecular weight is 452 g/mol. The Labute approximate surface area is 185 Å². The van der Waals surface area contributed by atoms with Crippen molar-refractivity contribution >= 4 is 48.3 Å². The Morgan fingerprint density at radius 2 is 1.61 bits per heavy atom. The van der Waals surface area contributed by atoms with E-state index >= 15 is 0 Å². The van der Waals surface area contributed by atoms with Gasteiger partial charge in [0.1, 0.15) is 0 Å². The fourth-order valence-electron chi connectivity index (χ4n) is 3.60. The molecule has 0 radical (unpaired) electrons. The maximum absolute atomic E-state index is 13.0. The van der Waals surface area contributed by atoms with Gasteiger partial charge in [0.2, 0.25) is 0 Å². The highest BCUT2D eigenvalue weighted by molar-refractivity contribution is 7.92. The van der Waals surface area contributed by atoms with E-state index in [2.05, 4.69) is 15.0 Å². The van der Waals surface area contributed by atoms with Gasteiger partial charge in [0.15, 0.2) is 5.13 Å². The normalized spacial score (nSPS) is 11.5. The van der Waals surface area contributed by atoms with E-state index < -0.39 is 10.0 Å². The molecule has 3 aromatic carbocycles. The Hall–Kier alpha value is -3.23. The lowest BCUT2D eigenvalue weighted by Crippen LogP contribution is -2.15. The molecule has 0 spiro atoms. The van der Waals surface area contributed by atoms with E-state index in [0.717, 1.165) is 10.3 Å². The van der Waals surface area contributed by atoms with Crippen LogP contribution in [0.3, 0.4) is 0 Å². The van der Waals surface area contributed by atoms with E-state index in [0.29, 0.717) is 37.9 Å². The quantitative estimate of drug-likeness (QED) is 0.432. The first kappa shape index (κ1) is 21.0. The molecule has 1 heterocycles. The fourth-order valence-corrected chi connectivity index (χ4v) is 6.00. The minimum atomic E-state index is -3.74. The highest BCUT2D eigenvalue weighted by Crippen LogP contribution is 2.30. The Morgan fingerprint density at radius 3 is 2.29 bits per heavy atom. The zero-order valence-corrected chi connectivity index (χ0v) is 18.9. The first-order chi connectivity index (χ1) is 14.7. The summed E-state index contributed by atoms with van der Waals surface area (Å²) in [5.41, 5.74) is 4.09. The molecular weight excluding hydrogens is 430 g/mol. The summed E-state index contributed by atoms with van der Waals surface area (Å²) in [7, 11) is -3.74. The summed E-state index contributed by atoms with van der Waals surface area (Å²) in [5.74, 6) is -0.245. The third-order valence-corrected chi connectivity index (χ3v) is 7.39. The van der Waals surface area contributed by atoms with E-state index in [4.69, 9.17) is 0 Å². The number of nitrogens with zero attached hydrogens (tertiary/aromatic N) is 1. The lowest BCUT2D eigenvalue weighted by molar-refractivity contribution is 0.102. The number of hydrogen-bond acceptors (Lipinski definition) is 5. The van der Waals surface area contributed by atoms with Crippen molar-refractivity contribution in [1.29, 1.82) is 0 Å². The van der Waals surface area contributed by atoms with Crippen molar-refractivity contribution in [3.8, 4) is 0 Å². The molecule has 0 saturated carbocycles. The molecule has 0 atom stereocenters. The monoisotopic (exact) mass is 451 g/mol. The molecule has 158 valence electrons. The maximum Gasteiger partial charge on any atom is 0.262 e. The second kappa shape index (κ2) is 8.13. The van der Waals surface area contributed by atoms with Crippen LogP contribution < -0.4 is 10.0 Å². The Bertz CT molecular complexity index is 1370. The summed E-state index contributed by atoms with van der Waals surface area (Å²) in [4.78, 5) is 17.1. The van der Waals surface area contributed by atoms with Crippen LogP contribution in [0.25, 0.3) is 10.2 Å². The number of nitrogens with one attached hydrogen (secondary N) is 2. The molecule has 4 rings (SSSR count). The second-order valence-electron chi connectivity index (χ2n) is 7.36. The van der Waals surface area contributed by atoms with Crippen LogP contribution in [-0.4, -0.2) is 19.3 Å². The predicted molar refractivity (Wildman–Crippen MR) is 125 cm³/mol. The Balaban J connectivity index is 1.59. The third-order valence-electron chi connectivity index (χ3n) is 4.77. The van der Waals surface area contributed by atoms with Crippen LogP contribution in [0.1, 0.15) is 27.0 Å². The number of hydrogen-bond donors (Lipinski definition) is 2. The van der Waals surface area contributed by atoms with Crippen LogP contribution in [0.4, 0.5) is 10.8 Å². The smallest absolute Gasteiger partial charge is 0.262 e. The molecule has 8 heteroatoms. The zero-order chi connectivity index (χ0) is 22.2. The summed E-state index contributed by atoms with van der Waals surface area (Å²) >= 11 is 1.29. The Morgan fingerprint density at radius 1 is 0.935 bits per heavy atom. The second-order valence-corrected chi connectivity index (χ2v) is 10.0. The van der Waals surface area contributed by atoms with Crippen LogP contribution in [0, 0.1) is 20.8 Å². The first-order valence-corrected chi connectivity index (χ1v) is 11.9. The predicted octanol–water partition coefficient (Wildman–Crippen LogP) is 5.27. The molecule has 0 bridgehead atoms. The van der Waals surface area contributed by atoms with Crippen molar-refractivity contribution in [2.45, 2.75) is 25.7 Å². The number of amides is 1. The SMILES string of the molecule is Cc1cc(C)c(S(=O)(=O)Nc2ccc3nc(NC(=O)c4ccccc4)sc3c2)c(C)c1. The van der Waals surface area contributed by atoms with Crippen molar-refractivity contribution in [1.82, 2.24) is 4.98 Å². The van der Waals surface area contributed by atoms with Crippen molar-refractivity contribution in [3.63, 3.8) is 0 Å². The van der Waals surface area contributed by atoms with Crippen molar-refractivity contribution in [3.05, 3.63) is 82.9 Å². The van der Waals surface area contributed by atoms with Crippen LogP contribution in [0.15, 0.2) is 65.6 Å². The molecular formula is C23H21N3O3S2. The standard InChI is InChI=1S/C23H21N3O3S2/c1-14-11-15(2)21(16(3)12-14)31(28,29)26-18-9-10-19-20(13-18)30-23(24-19)25-22(27)17-7-5-4-6-8-17/h4-13,26H,1-3H3,(H,24,25,27). The number of carbonyl (C=O) groups is 1. The minimum Gasteiger partial charge on any atom is -0.298 e. The molecule has 0 unspecified atom stereocenters. The molecule has 0 saturated heterocycles. The number of benzene rings is 3. The lowest BCUT2D eigenvalue weighted by Gasteiger charge is -2.14. The highest BCUT2D eigenvalue weighted by Gasteiger charge is 2.20. The lowest BCUT2D eigenvalue weighted by atomic mass is 10.1. The fraction of sp³-hybridized carbons (Fsp3) is 0.130. The van der Waals surface area contributed by atoms with E-state index in [-0.39, 0.29) is 5.91 Å². The molecule has 1 amide bonds. The summed E-state index contributed by atoms with van der Waals surface area (Å²) in [6.07, 6.45) is 0. The minimum absolute atomic E-state index is 0.245. The topological polar surface area (TPSA) is 88.2 Å². The average Bonchev–Trinajstić information content (AvgIpc) is 3.08. The van der Waals surface area contributed by atoms with Crippen LogP contribution in [0.5, 0.6) is 0 Å². The maximum atomic E-state index is 13.0. The summed E-state index contributed by atoms with van der Waals surface area (Å²) in [6, 6.07) is 17.7. The number of aromatic nitrogens is 1. The largest absolute Gasteiger partial charge is 0.298 e. The van der Waals surface area contributed by atoms with Crippen molar-refractivity contribution in [2.75, 3.05) is 10.0 Å². The molecule has 0 aliphatic carbocycles. The van der Waals surface area contributed by atoms with E-state index in [1.165, 1.54) is 11.3 Å². The Kier molecular flexibility index (Phi) is 5.51. The highest BCUT2D eigenvalue weighted by atomic mass is 32.2. The summed E-state index contributed by atoms with van der Waals surface area (Å²) < 4.78 is 29.5. The van der Waals surface area contributed by atoms with Gasteiger partial charge in [-0.3, -0.25) is 14.8 Å². The molecule has 31 heavy (non-hydrogen) atoms. The van der Waals surface area contributed by atoms with E-state index in [1.807, 2.05) is 25.1 Å². The van der Waals surface area contributed by atoms with Gasteiger partial charge >= 0.3 is 0 Å². The van der Waals surface area contributed by atoms with Gasteiger partial charge in [-0.2, -0.15) is 0 Å². The van der Waals surface area contributed by atoms with Gasteiger partial charge in [-0.15, -0.1) is 0 Å². The number of rotatable bonds is 5. The molecule has 2 N–H and O–H groups in total. The van der Waals surface area contributed by atoms with Crippen LogP contribution >= 0.6 is 11.3 Å². The van der Waals surface area contributed by atoms with E-state index in [9.17, 15) is 13.2 Å². The van der Waals surface area contributed by atoms with Gasteiger partial charge in [0.05, 0.1) is 20.8 Å². The molecule has 0 aliphatic rings. The molecule has 6 nitrogen and oxygen atoms in total. The molecule has 4 aromatic rings. The zero-order valence-electron chi connectivity index (χ0n) is 17.3. The number of sulfonamides is 1. The number of anilines is 2. The van der Waals surface area contributed by atoms with Crippen molar-refractivity contribution in [2.24, 2.45) is 0 Å². The number of thiazole rings is 1. The van der Waals surface area contributed by atoms with Gasteiger partial charge in [-0.25, -0.2) is 13.4 Å². The van der Waals surface area contributed by atoms with Gasteiger partial charge in [-0.05, 0) is 62.2 Å². The first-order valence-electron chi connectivity index (χ1n) is 9.60. The number of aryl methyl sites for hydroxylation is 3. The molecule has 0 aliphatic heterocycles. The van der Waals surface area contributed by atoms with Gasteiger partial charge < -0.3 is 0 Å². The van der Waals surface area contributed by atoms with Gasteiger partial charge in [0.25, 0.3) is 15.9 Å². The summed E-state index contributed by atoms with van der Waals surface area (Å²) in [5, 5.41) is 3.24. The number of carbonyl (C=O) groups excluding carboxylic acids is 1. The van der Waals surface area contributed by atoms with Crippen molar-refractivity contribution < 1.29 is 13.2 Å². The van der Waals surface area contributed by atoms with Gasteiger partial charge in [0, 0.05) is 5.56 Å². The molecule has 0 fully saturated rings. The van der Waals surface area contributed by atoms with E-state index in [1.54, 1.807) is 56.3 Å². The molecule has 1 aromatic heterocycles. The van der Waals surface area contributed by atoms with Crippen LogP contribution in [0.2, 0.25) is 0 Å². The third kappa shape index (κ3) is 4.45. The van der Waals surface area contributed by atoms with Crippen LogP contribution in [-0.2, 0) is 10.0 Å². The van der Waals surface area contributed by atoms with Gasteiger partial charge in [-0.1, -0.05) is 47.2 Å².